The summed E-state index contributed by atoms with van der Waals surface area (Å²) < 4.78 is 6.59. The molecule has 28 heavy (non-hydrogen) atoms. The van der Waals surface area contributed by atoms with Crippen LogP contribution in [-0.2, 0) is 22.3 Å². The molecule has 0 radical (unpaired) electrons. The molecular formula is C25H30N2O. The Hall–Kier alpha value is -2.10. The van der Waals surface area contributed by atoms with E-state index < -0.39 is 0 Å². The van der Waals surface area contributed by atoms with Gasteiger partial charge in [-0.15, -0.1) is 0 Å². The molecule has 0 bridgehead atoms. The second-order valence-corrected chi connectivity index (χ2v) is 8.91. The lowest BCUT2D eigenvalue weighted by Gasteiger charge is -2.54. The van der Waals surface area contributed by atoms with E-state index in [1.807, 2.05) is 0 Å². The van der Waals surface area contributed by atoms with Crippen LogP contribution < -0.4 is 0 Å². The molecule has 3 atom stereocenters. The minimum absolute atomic E-state index is 0.0551. The number of nitrogens with one attached hydrogen (secondary N) is 1. The predicted octanol–water partition coefficient (Wildman–Crippen LogP) is 5.21. The summed E-state index contributed by atoms with van der Waals surface area (Å²) in [6.07, 6.45) is 4.19. The molecule has 2 heterocycles. The Morgan fingerprint density at radius 1 is 1.00 bits per heavy atom. The molecular weight excluding hydrogens is 344 g/mol. The lowest BCUT2D eigenvalue weighted by atomic mass is 9.62. The van der Waals surface area contributed by atoms with Gasteiger partial charge in [0.25, 0.3) is 0 Å². The number of hydrogen-bond donors (Lipinski definition) is 1. The van der Waals surface area contributed by atoms with Crippen LogP contribution >= 0.6 is 0 Å². The largest absolute Gasteiger partial charge is 0.368 e. The van der Waals surface area contributed by atoms with Crippen LogP contribution in [0.15, 0.2) is 54.6 Å². The van der Waals surface area contributed by atoms with Gasteiger partial charge < -0.3 is 9.72 Å². The molecule has 3 heteroatoms. The second-order valence-electron chi connectivity index (χ2n) is 8.91. The average Bonchev–Trinajstić information content (AvgIpc) is 3.09. The number of aromatic amines is 1. The van der Waals surface area contributed by atoms with Crippen molar-refractivity contribution in [2.75, 3.05) is 20.7 Å². The quantitative estimate of drug-likeness (QED) is 0.667. The van der Waals surface area contributed by atoms with E-state index in [0.717, 1.165) is 32.3 Å². The first-order valence-electron chi connectivity index (χ1n) is 10.5. The monoisotopic (exact) mass is 374 g/mol. The van der Waals surface area contributed by atoms with Gasteiger partial charge >= 0.3 is 0 Å². The number of nitrogens with zero attached hydrogens (tertiary/aromatic N) is 1. The average molecular weight is 375 g/mol. The summed E-state index contributed by atoms with van der Waals surface area (Å²) in [5.41, 5.74) is 5.37. The van der Waals surface area contributed by atoms with Crippen LogP contribution in [0.3, 0.4) is 0 Å². The van der Waals surface area contributed by atoms with Gasteiger partial charge in [0.2, 0.25) is 0 Å². The van der Waals surface area contributed by atoms with Gasteiger partial charge in [-0.3, -0.25) is 4.90 Å². The molecule has 3 aromatic rings. The Labute approximate surface area is 167 Å². The van der Waals surface area contributed by atoms with Gasteiger partial charge in [-0.2, -0.15) is 0 Å². The molecule has 3 unspecified atom stereocenters. The van der Waals surface area contributed by atoms with Gasteiger partial charge in [-0.1, -0.05) is 55.5 Å². The van der Waals surface area contributed by atoms with E-state index in [2.05, 4.69) is 85.5 Å². The number of ether oxygens (including phenoxy) is 1. The van der Waals surface area contributed by atoms with Gasteiger partial charge in [-0.05, 0) is 62.9 Å². The number of hydrogen-bond acceptors (Lipinski definition) is 2. The highest BCUT2D eigenvalue weighted by molar-refractivity contribution is 5.85. The smallest absolute Gasteiger partial charge is 0.108 e. The normalized spacial score (nSPS) is 30.1. The zero-order chi connectivity index (χ0) is 19.4. The van der Waals surface area contributed by atoms with E-state index in [-0.39, 0.29) is 11.1 Å². The van der Waals surface area contributed by atoms with Crippen molar-refractivity contribution in [3.8, 4) is 0 Å². The third-order valence-corrected chi connectivity index (χ3v) is 7.43. The number of H-pyrrole nitrogens is 1. The van der Waals surface area contributed by atoms with Crippen molar-refractivity contribution in [1.29, 1.82) is 0 Å². The lowest BCUT2D eigenvalue weighted by Crippen LogP contribution is -2.54. The van der Waals surface area contributed by atoms with E-state index in [1.54, 1.807) is 0 Å². The van der Waals surface area contributed by atoms with E-state index in [4.69, 9.17) is 4.74 Å². The van der Waals surface area contributed by atoms with Gasteiger partial charge in [0.1, 0.15) is 5.60 Å². The fraction of sp³-hybridized carbons (Fsp3) is 0.440. The SMILES string of the molecule is CC1CC2(CCC1(c1ccccc1)N(C)C)OCCc1c2[nH]c2ccccc12. The van der Waals surface area contributed by atoms with Gasteiger partial charge in [0.15, 0.2) is 0 Å². The molecule has 1 aliphatic heterocycles. The van der Waals surface area contributed by atoms with E-state index in [1.165, 1.54) is 27.7 Å². The van der Waals surface area contributed by atoms with Crippen molar-refractivity contribution in [1.82, 2.24) is 9.88 Å². The Morgan fingerprint density at radius 3 is 2.50 bits per heavy atom. The molecule has 1 fully saturated rings. The van der Waals surface area contributed by atoms with Crippen LogP contribution in [0.2, 0.25) is 0 Å². The third kappa shape index (κ3) is 2.42. The topological polar surface area (TPSA) is 28.3 Å². The lowest BCUT2D eigenvalue weighted by molar-refractivity contribution is -0.134. The summed E-state index contributed by atoms with van der Waals surface area (Å²) in [5, 5.41) is 1.38. The molecule has 1 aliphatic carbocycles. The predicted molar refractivity (Wildman–Crippen MR) is 114 cm³/mol. The van der Waals surface area contributed by atoms with Crippen LogP contribution in [0.5, 0.6) is 0 Å². The van der Waals surface area contributed by atoms with Crippen LogP contribution in [0.1, 0.15) is 43.0 Å². The Morgan fingerprint density at radius 2 is 1.75 bits per heavy atom. The Bertz CT molecular complexity index is 992. The molecule has 3 nitrogen and oxygen atoms in total. The van der Waals surface area contributed by atoms with Crippen LogP contribution in [0.25, 0.3) is 10.9 Å². The summed E-state index contributed by atoms with van der Waals surface area (Å²) in [7, 11) is 4.47. The first-order chi connectivity index (χ1) is 13.6. The summed E-state index contributed by atoms with van der Waals surface area (Å²) in [4.78, 5) is 6.19. The number of benzene rings is 2. The van der Waals surface area contributed by atoms with Crippen molar-refractivity contribution >= 4 is 10.9 Å². The van der Waals surface area contributed by atoms with Crippen molar-refractivity contribution in [2.24, 2.45) is 5.92 Å². The standard InChI is InChI=1S/C25H30N2O/c1-18-17-24(14-15-25(18,27(2)3)19-9-5-4-6-10-19)23-21(13-16-28-24)20-11-7-8-12-22(20)26-23/h4-12,18,26H,13-17H2,1-3H3. The number of para-hydroxylation sites is 1. The molecule has 2 aliphatic rings. The van der Waals surface area contributed by atoms with Crippen LogP contribution in [0, 0.1) is 5.92 Å². The van der Waals surface area contributed by atoms with Gasteiger partial charge in [0, 0.05) is 16.4 Å². The maximum atomic E-state index is 6.59. The summed E-state index contributed by atoms with van der Waals surface area (Å²) in [6.45, 7) is 3.23. The molecule has 1 saturated carbocycles. The maximum Gasteiger partial charge on any atom is 0.108 e. The maximum absolute atomic E-state index is 6.59. The molecule has 1 aromatic heterocycles. The Kier molecular flexibility index (Phi) is 4.15. The molecule has 0 saturated heterocycles. The third-order valence-electron chi connectivity index (χ3n) is 7.43. The van der Waals surface area contributed by atoms with E-state index in [0.29, 0.717) is 5.92 Å². The summed E-state index contributed by atoms with van der Waals surface area (Å²) >= 11 is 0. The van der Waals surface area contributed by atoms with Crippen molar-refractivity contribution < 1.29 is 4.74 Å². The van der Waals surface area contributed by atoms with Crippen LogP contribution in [-0.4, -0.2) is 30.6 Å². The van der Waals surface area contributed by atoms with Gasteiger partial charge in [-0.25, -0.2) is 0 Å². The minimum atomic E-state index is -0.180. The minimum Gasteiger partial charge on any atom is -0.368 e. The van der Waals surface area contributed by atoms with E-state index >= 15 is 0 Å². The fourth-order valence-corrected chi connectivity index (χ4v) is 6.11. The number of rotatable bonds is 2. The highest BCUT2D eigenvalue weighted by Gasteiger charge is 2.53. The molecule has 1 spiro atoms. The highest BCUT2D eigenvalue weighted by Crippen LogP contribution is 2.54. The van der Waals surface area contributed by atoms with Gasteiger partial charge in [0.05, 0.1) is 12.3 Å². The zero-order valence-corrected chi connectivity index (χ0v) is 17.2. The van der Waals surface area contributed by atoms with Crippen molar-refractivity contribution in [2.45, 2.75) is 43.7 Å². The first-order valence-corrected chi connectivity index (χ1v) is 10.5. The Balaban J connectivity index is 1.58. The summed E-state index contributed by atoms with van der Waals surface area (Å²) in [6, 6.07) is 19.8. The van der Waals surface area contributed by atoms with E-state index in [9.17, 15) is 0 Å². The van der Waals surface area contributed by atoms with Crippen LogP contribution in [0.4, 0.5) is 0 Å². The first kappa shape index (κ1) is 18.0. The summed E-state index contributed by atoms with van der Waals surface area (Å²) in [5.74, 6) is 0.482. The molecule has 146 valence electrons. The number of aromatic nitrogens is 1. The molecule has 2 aromatic carbocycles. The van der Waals surface area contributed by atoms with Crippen molar-refractivity contribution in [3.63, 3.8) is 0 Å². The van der Waals surface area contributed by atoms with Crippen molar-refractivity contribution in [3.05, 3.63) is 71.4 Å². The molecule has 5 rings (SSSR count). The highest BCUT2D eigenvalue weighted by atomic mass is 16.5. The molecule has 0 amide bonds. The molecule has 1 N–H and O–H groups in total. The number of fused-ring (bicyclic) bond motifs is 4. The fourth-order valence-electron chi connectivity index (χ4n) is 6.11. The zero-order valence-electron chi connectivity index (χ0n) is 17.2. The second kappa shape index (κ2) is 6.47.